The first-order valence-electron chi connectivity index (χ1n) is 11.0. The number of Topliss-reactive ketones (excluding diaryl/α,β-unsaturated/α-hetero) is 1. The van der Waals surface area contributed by atoms with Gasteiger partial charge >= 0.3 is 0 Å². The van der Waals surface area contributed by atoms with Gasteiger partial charge in [0.1, 0.15) is 11.6 Å². The summed E-state index contributed by atoms with van der Waals surface area (Å²) < 4.78 is 1.86. The number of benzene rings is 2. The third-order valence-corrected chi connectivity index (χ3v) is 6.44. The molecule has 0 radical (unpaired) electrons. The summed E-state index contributed by atoms with van der Waals surface area (Å²) in [7, 11) is 0. The number of ketones is 1. The van der Waals surface area contributed by atoms with Crippen molar-refractivity contribution < 1.29 is 14.6 Å². The third-order valence-electron chi connectivity index (χ3n) is 5.36. The molecule has 4 rings (SSSR count). The molecule has 0 atom stereocenters. The maximum Gasteiger partial charge on any atom is 0.270 e. The number of nitro benzene ring substituents is 2. The van der Waals surface area contributed by atoms with Crippen molar-refractivity contribution in [3.63, 3.8) is 0 Å². The minimum Gasteiger partial charge on any atom is -0.302 e. The molecule has 12 nitrogen and oxygen atoms in total. The Bertz CT molecular complexity index is 1630. The van der Waals surface area contributed by atoms with Crippen LogP contribution in [0.15, 0.2) is 82.6 Å². The highest BCUT2D eigenvalue weighted by Gasteiger charge is 2.20. The summed E-state index contributed by atoms with van der Waals surface area (Å²) in [5.74, 6) is -0.148. The molecule has 0 aliphatic heterocycles. The van der Waals surface area contributed by atoms with Gasteiger partial charge in [0.05, 0.1) is 9.85 Å². The maximum absolute atomic E-state index is 13.0. The van der Waals surface area contributed by atoms with Gasteiger partial charge in [0.15, 0.2) is 11.0 Å². The van der Waals surface area contributed by atoms with Gasteiger partial charge < -0.3 is 4.57 Å². The Kier molecular flexibility index (Phi) is 7.64. The first-order chi connectivity index (χ1) is 18.3. The van der Waals surface area contributed by atoms with Gasteiger partial charge in [0.25, 0.3) is 11.4 Å². The smallest absolute Gasteiger partial charge is 0.270 e. The van der Waals surface area contributed by atoms with Gasteiger partial charge in [-0.1, -0.05) is 12.1 Å². The van der Waals surface area contributed by atoms with Crippen molar-refractivity contribution >= 4 is 35.0 Å². The highest BCUT2D eigenvalue weighted by Crippen LogP contribution is 2.35. The summed E-state index contributed by atoms with van der Waals surface area (Å²) in [6.45, 7) is 2.44. The number of rotatable bonds is 9. The maximum atomic E-state index is 13.0. The van der Waals surface area contributed by atoms with Crippen molar-refractivity contribution in [2.45, 2.75) is 23.5 Å². The van der Waals surface area contributed by atoms with Crippen LogP contribution in [0.1, 0.15) is 22.8 Å². The van der Waals surface area contributed by atoms with E-state index in [1.165, 1.54) is 42.5 Å². The Morgan fingerprint density at radius 1 is 1.05 bits per heavy atom. The van der Waals surface area contributed by atoms with Crippen LogP contribution in [0.3, 0.4) is 0 Å². The molecule has 2 aromatic heterocycles. The predicted octanol–water partition coefficient (Wildman–Crippen LogP) is 5.12. The van der Waals surface area contributed by atoms with Gasteiger partial charge in [-0.15, -0.1) is 10.2 Å². The van der Waals surface area contributed by atoms with Gasteiger partial charge in [0, 0.05) is 59.2 Å². The molecular weight excluding hydrogens is 510 g/mol. The molecule has 0 bridgehead atoms. The van der Waals surface area contributed by atoms with Crippen LogP contribution in [0.4, 0.5) is 11.4 Å². The zero-order chi connectivity index (χ0) is 27.2. The number of hydrogen-bond acceptors (Lipinski definition) is 10. The van der Waals surface area contributed by atoms with Gasteiger partial charge in [-0.2, -0.15) is 5.26 Å². The van der Waals surface area contributed by atoms with Crippen molar-refractivity contribution in [2.24, 2.45) is 0 Å². The fourth-order valence-electron chi connectivity index (χ4n) is 3.54. The average molecular weight is 528 g/mol. The first-order valence-corrected chi connectivity index (χ1v) is 11.8. The van der Waals surface area contributed by atoms with Crippen LogP contribution in [0.25, 0.3) is 17.5 Å². The summed E-state index contributed by atoms with van der Waals surface area (Å²) in [5.41, 5.74) is 0.0929. The number of carbonyl (C=O) groups excluding carboxylic acids is 1. The molecule has 0 aliphatic carbocycles. The van der Waals surface area contributed by atoms with E-state index in [0.29, 0.717) is 22.4 Å². The Hall–Kier alpha value is -5.22. The zero-order valence-corrected chi connectivity index (χ0v) is 20.5. The standard InChI is InChI=1S/C25H17N7O5S/c1-2-30-24(16-8-10-27-11-9-16)28-29-25(30)38-22-7-6-21(32(36)37)14-18(22)12-19(15-26)23(33)17-4-3-5-20(13-17)31(34)35/h3-14H,2H2,1H3/b19-12-. The lowest BCUT2D eigenvalue weighted by atomic mass is 10.0. The first kappa shape index (κ1) is 25.9. The number of nitrogens with zero attached hydrogens (tertiary/aromatic N) is 7. The van der Waals surface area contributed by atoms with E-state index in [0.717, 1.165) is 23.4 Å². The molecule has 38 heavy (non-hydrogen) atoms. The predicted molar refractivity (Wildman–Crippen MR) is 137 cm³/mol. The quantitative estimate of drug-likeness (QED) is 0.0935. The largest absolute Gasteiger partial charge is 0.302 e. The number of nitriles is 1. The Morgan fingerprint density at radius 3 is 2.42 bits per heavy atom. The number of pyridine rings is 1. The number of non-ortho nitro benzene ring substituents is 2. The van der Waals surface area contributed by atoms with Crippen LogP contribution in [0, 0.1) is 31.6 Å². The van der Waals surface area contributed by atoms with Crippen LogP contribution in [0.2, 0.25) is 0 Å². The normalized spacial score (nSPS) is 11.1. The fraction of sp³-hybridized carbons (Fsp3) is 0.0800. The minimum absolute atomic E-state index is 0.0562. The van der Waals surface area contributed by atoms with Crippen molar-refractivity contribution in [1.82, 2.24) is 19.7 Å². The van der Waals surface area contributed by atoms with Gasteiger partial charge in [0.2, 0.25) is 5.78 Å². The van der Waals surface area contributed by atoms with Crippen LogP contribution in [-0.4, -0.2) is 35.4 Å². The van der Waals surface area contributed by atoms with Gasteiger partial charge in [-0.3, -0.25) is 30.0 Å². The Labute approximate surface area is 219 Å². The van der Waals surface area contributed by atoms with Crippen LogP contribution >= 0.6 is 11.8 Å². The highest BCUT2D eigenvalue weighted by molar-refractivity contribution is 7.99. The van der Waals surface area contributed by atoms with Crippen LogP contribution < -0.4 is 0 Å². The van der Waals surface area contributed by atoms with Crippen LogP contribution in [0.5, 0.6) is 0 Å². The van der Waals surface area contributed by atoms with Crippen molar-refractivity contribution in [3.8, 4) is 17.5 Å². The number of aromatic nitrogens is 4. The number of carbonyl (C=O) groups is 1. The van der Waals surface area contributed by atoms with Crippen molar-refractivity contribution in [3.05, 3.63) is 104 Å². The molecule has 4 aromatic rings. The van der Waals surface area contributed by atoms with Gasteiger partial charge in [-0.05, 0) is 48.5 Å². The van der Waals surface area contributed by atoms with E-state index in [1.807, 2.05) is 17.6 Å². The van der Waals surface area contributed by atoms with E-state index < -0.39 is 15.6 Å². The number of nitro groups is 2. The van der Waals surface area contributed by atoms with E-state index >= 15 is 0 Å². The summed E-state index contributed by atoms with van der Waals surface area (Å²) in [5, 5.41) is 41.3. The lowest BCUT2D eigenvalue weighted by Crippen LogP contribution is -2.03. The van der Waals surface area contributed by atoms with Crippen LogP contribution in [-0.2, 0) is 6.54 Å². The molecule has 2 heterocycles. The van der Waals surface area contributed by atoms with E-state index in [4.69, 9.17) is 0 Å². The molecule has 0 unspecified atom stereocenters. The second-order valence-corrected chi connectivity index (χ2v) is 8.68. The van der Waals surface area contributed by atoms with Crippen molar-refractivity contribution in [2.75, 3.05) is 0 Å². The van der Waals surface area contributed by atoms with E-state index in [1.54, 1.807) is 24.5 Å². The van der Waals surface area contributed by atoms with E-state index in [2.05, 4.69) is 15.2 Å². The van der Waals surface area contributed by atoms with Crippen molar-refractivity contribution in [1.29, 1.82) is 5.26 Å². The molecule has 0 saturated carbocycles. The second kappa shape index (κ2) is 11.2. The third kappa shape index (κ3) is 5.45. The highest BCUT2D eigenvalue weighted by atomic mass is 32.2. The lowest BCUT2D eigenvalue weighted by molar-refractivity contribution is -0.385. The van der Waals surface area contributed by atoms with E-state index in [-0.39, 0.29) is 28.1 Å². The van der Waals surface area contributed by atoms with E-state index in [9.17, 15) is 30.3 Å². The summed E-state index contributed by atoms with van der Waals surface area (Å²) >= 11 is 1.16. The number of hydrogen-bond donors (Lipinski definition) is 0. The second-order valence-electron chi connectivity index (χ2n) is 7.67. The Balaban J connectivity index is 1.77. The SMILES string of the molecule is CCn1c(Sc2ccc([N+](=O)[O-])cc2/C=C(/C#N)C(=O)c2cccc([N+](=O)[O-])c2)nnc1-c1ccncc1. The fourth-order valence-corrected chi connectivity index (χ4v) is 4.51. The molecule has 0 spiro atoms. The average Bonchev–Trinajstić information content (AvgIpc) is 3.34. The molecule has 0 saturated heterocycles. The molecule has 0 amide bonds. The molecule has 0 aliphatic rings. The molecular formula is C25H17N7O5S. The molecule has 2 aromatic carbocycles. The summed E-state index contributed by atoms with van der Waals surface area (Å²) in [6, 6.07) is 14.5. The molecule has 13 heteroatoms. The number of allylic oxidation sites excluding steroid dienone is 1. The zero-order valence-electron chi connectivity index (χ0n) is 19.7. The molecule has 0 N–H and O–H groups in total. The summed E-state index contributed by atoms with van der Waals surface area (Å²) in [6.07, 6.45) is 4.50. The minimum atomic E-state index is -0.754. The Morgan fingerprint density at radius 2 is 1.76 bits per heavy atom. The van der Waals surface area contributed by atoms with Gasteiger partial charge in [-0.25, -0.2) is 0 Å². The summed E-state index contributed by atoms with van der Waals surface area (Å²) in [4.78, 5) is 38.8. The lowest BCUT2D eigenvalue weighted by Gasteiger charge is -2.09. The monoisotopic (exact) mass is 527 g/mol. The topological polar surface area (TPSA) is 171 Å². The molecule has 0 fully saturated rings. The molecule has 188 valence electrons.